The summed E-state index contributed by atoms with van der Waals surface area (Å²) >= 11 is -2.58. The van der Waals surface area contributed by atoms with Gasteiger partial charge in [-0.05, 0) is 0 Å². The van der Waals surface area contributed by atoms with E-state index in [0.717, 1.165) is 12.8 Å². The molecule has 2 aromatic rings. The van der Waals surface area contributed by atoms with Gasteiger partial charge in [-0.1, -0.05) is 0 Å². The molecule has 1 amide bonds. The number of rotatable bonds is 6. The molecule has 181 valence electrons. The summed E-state index contributed by atoms with van der Waals surface area (Å²) in [5.41, 5.74) is 4.42. The number of carbonyl (C=O) groups is 1. The molecule has 2 nitrogen and oxygen atoms in total. The molecule has 0 saturated heterocycles. The molecule has 1 fully saturated rings. The molecule has 1 unspecified atom stereocenters. The Hall–Kier alpha value is -0.930. The normalized spacial score (nSPS) is 18.4. The van der Waals surface area contributed by atoms with Gasteiger partial charge in [0.25, 0.3) is 0 Å². The first-order valence-electron chi connectivity index (χ1n) is 12.2. The van der Waals surface area contributed by atoms with E-state index < -0.39 is 27.1 Å². The van der Waals surface area contributed by atoms with Crippen molar-refractivity contribution < 1.29 is 50.8 Å². The second-order valence-corrected chi connectivity index (χ2v) is 23.4. The number of carbonyl (C=O) groups excluding carboxylic acids is 1. The van der Waals surface area contributed by atoms with Gasteiger partial charge in [-0.3, -0.25) is 0 Å². The number of nitrogens with one attached hydrogen (secondary N) is 1. The van der Waals surface area contributed by atoms with Crippen molar-refractivity contribution in [3.8, 4) is 0 Å². The minimum Gasteiger partial charge on any atom is -1.00 e. The van der Waals surface area contributed by atoms with Gasteiger partial charge in [0.15, 0.2) is 0 Å². The number of halogens is 2. The molecule has 0 aliphatic heterocycles. The van der Waals surface area contributed by atoms with Crippen molar-refractivity contribution >= 4 is 22.2 Å². The van der Waals surface area contributed by atoms with Crippen LogP contribution in [0.25, 0.3) is 0 Å². The molecule has 34 heavy (non-hydrogen) atoms. The molecule has 0 bridgehead atoms. The monoisotopic (exact) mass is 590 g/mol. The third-order valence-corrected chi connectivity index (χ3v) is 26.9. The van der Waals surface area contributed by atoms with Gasteiger partial charge in [0.2, 0.25) is 0 Å². The molecule has 2 aromatic carbocycles. The SMILES string of the molecule is CC1=C(C)C(C)[C]([Zr+2]([NH]C(=O)C2CCCCC2)[SiH](c2ccccc2)c2ccccc2)=C1C.[Cl-].[Cl-]. The van der Waals surface area contributed by atoms with Crippen LogP contribution >= 0.6 is 0 Å². The van der Waals surface area contributed by atoms with Crippen LogP contribution in [0.5, 0.6) is 0 Å². The van der Waals surface area contributed by atoms with Crippen LogP contribution in [0.1, 0.15) is 59.8 Å². The van der Waals surface area contributed by atoms with E-state index in [1.54, 1.807) is 3.28 Å². The van der Waals surface area contributed by atoms with Crippen LogP contribution in [-0.4, -0.2) is 11.8 Å². The number of hydrogen-bond donors (Lipinski definition) is 1. The summed E-state index contributed by atoms with van der Waals surface area (Å²) in [5, 5.41) is 2.96. The molecule has 4 rings (SSSR count). The summed E-state index contributed by atoms with van der Waals surface area (Å²) in [5.74, 6) is -0.548. The first kappa shape index (κ1) is 29.3. The maximum atomic E-state index is 13.6. The van der Waals surface area contributed by atoms with Crippen LogP contribution in [0.2, 0.25) is 0 Å². The van der Waals surface area contributed by atoms with E-state index in [1.165, 1.54) is 46.4 Å². The Kier molecular flexibility index (Phi) is 11.5. The third kappa shape index (κ3) is 6.25. The molecule has 1 saturated carbocycles. The van der Waals surface area contributed by atoms with Crippen molar-refractivity contribution in [2.75, 3.05) is 0 Å². The van der Waals surface area contributed by atoms with E-state index >= 15 is 0 Å². The van der Waals surface area contributed by atoms with E-state index in [4.69, 9.17) is 0 Å². The molecule has 2 aliphatic carbocycles. The molecule has 1 atom stereocenters. The largest absolute Gasteiger partial charge is 1.00 e. The number of amides is 1. The third-order valence-electron chi connectivity index (χ3n) is 7.72. The van der Waals surface area contributed by atoms with Crippen LogP contribution in [0.3, 0.4) is 0 Å². The summed E-state index contributed by atoms with van der Waals surface area (Å²) < 4.78 is 5.50. The van der Waals surface area contributed by atoms with E-state index in [9.17, 15) is 4.79 Å². The first-order chi connectivity index (χ1) is 15.5. The predicted molar refractivity (Wildman–Crippen MR) is 134 cm³/mol. The molecule has 6 heteroatoms. The van der Waals surface area contributed by atoms with Crippen LogP contribution in [0.15, 0.2) is 80.7 Å². The van der Waals surface area contributed by atoms with Crippen LogP contribution in [-0.2, 0) is 26.0 Å². The molecule has 0 heterocycles. The number of hydrogen-bond acceptors (Lipinski definition) is 1. The number of allylic oxidation sites excluding steroid dienone is 4. The second kappa shape index (κ2) is 13.4. The average molecular weight is 593 g/mol. The van der Waals surface area contributed by atoms with E-state index in [1.807, 2.05) is 0 Å². The van der Waals surface area contributed by atoms with Gasteiger partial charge < -0.3 is 24.8 Å². The van der Waals surface area contributed by atoms with Gasteiger partial charge >= 0.3 is 204 Å². The second-order valence-electron chi connectivity index (χ2n) is 9.56. The van der Waals surface area contributed by atoms with E-state index in [-0.39, 0.29) is 30.7 Å². The van der Waals surface area contributed by atoms with Gasteiger partial charge in [-0.15, -0.1) is 0 Å². The van der Waals surface area contributed by atoms with Crippen molar-refractivity contribution in [2.45, 2.75) is 59.8 Å². The summed E-state index contributed by atoms with van der Waals surface area (Å²) in [6, 6.07) is 22.2. The minimum absolute atomic E-state index is 0. The topological polar surface area (TPSA) is 29.1 Å². The zero-order chi connectivity index (χ0) is 22.7. The minimum atomic E-state index is -2.58. The van der Waals surface area contributed by atoms with Crippen molar-refractivity contribution in [3.05, 3.63) is 80.7 Å². The molecular formula is C28H36Cl2NOSiZr. The first-order valence-corrected chi connectivity index (χ1v) is 20.6. The Morgan fingerprint density at radius 3 is 1.76 bits per heavy atom. The van der Waals surface area contributed by atoms with Gasteiger partial charge in [0.1, 0.15) is 0 Å². The molecular weight excluding hydrogens is 557 g/mol. The van der Waals surface area contributed by atoms with Crippen molar-refractivity contribution in [1.29, 1.82) is 0 Å². The summed E-state index contributed by atoms with van der Waals surface area (Å²) in [4.78, 5) is 13.6. The number of benzene rings is 2. The summed E-state index contributed by atoms with van der Waals surface area (Å²) in [6.07, 6.45) is 5.81. The Balaban J connectivity index is 0.00000204. The molecule has 0 spiro atoms. The van der Waals surface area contributed by atoms with Gasteiger partial charge in [0.05, 0.1) is 0 Å². The zero-order valence-electron chi connectivity index (χ0n) is 20.7. The summed E-state index contributed by atoms with van der Waals surface area (Å²) in [6.45, 7) is 9.26. The van der Waals surface area contributed by atoms with Gasteiger partial charge in [-0.2, -0.15) is 0 Å². The molecule has 1 N–H and O–H groups in total. The van der Waals surface area contributed by atoms with Crippen molar-refractivity contribution in [1.82, 2.24) is 3.26 Å². The fraction of sp³-hybridized carbons (Fsp3) is 0.393. The smallest absolute Gasteiger partial charge is 1.00 e. The Bertz CT molecular complexity index is 980. The molecule has 2 aliphatic rings. The fourth-order valence-electron chi connectivity index (χ4n) is 5.51. The van der Waals surface area contributed by atoms with Crippen LogP contribution in [0.4, 0.5) is 0 Å². The fourth-order valence-corrected chi connectivity index (χ4v) is 27.6. The Labute approximate surface area is 227 Å². The molecule has 0 radical (unpaired) electrons. The van der Waals surface area contributed by atoms with Gasteiger partial charge in [-0.25, -0.2) is 0 Å². The van der Waals surface area contributed by atoms with E-state index in [2.05, 4.69) is 91.6 Å². The standard InChI is InChI=1S/C12H11Si.C9H13.C7H13NO.2ClH.Zr/c1-3-7-11(8-4-1)13-12-9-5-2-6-10-12;1-6-5-7(2)9(4)8(6)3;8-7(9)6-4-2-1-3-5-6;;;/h1-10,13H;6H,1-4H3;6H,1-5H2,(H2,8,9);2*1H;/q;;;;;+3/p-3. The van der Waals surface area contributed by atoms with Crippen LogP contribution in [0, 0.1) is 11.8 Å². The van der Waals surface area contributed by atoms with E-state index in [0.29, 0.717) is 11.8 Å². The summed E-state index contributed by atoms with van der Waals surface area (Å²) in [7, 11) is 0. The van der Waals surface area contributed by atoms with Crippen LogP contribution < -0.4 is 38.4 Å². The maximum absolute atomic E-state index is 13.6. The molecule has 0 aromatic heterocycles. The van der Waals surface area contributed by atoms with Crippen molar-refractivity contribution in [2.24, 2.45) is 11.8 Å². The van der Waals surface area contributed by atoms with Crippen molar-refractivity contribution in [3.63, 3.8) is 0 Å². The van der Waals surface area contributed by atoms with Gasteiger partial charge in [0, 0.05) is 0 Å². The average Bonchev–Trinajstić information content (AvgIpc) is 3.03. The Morgan fingerprint density at radius 2 is 1.32 bits per heavy atom. The zero-order valence-corrected chi connectivity index (χ0v) is 25.8. The Morgan fingerprint density at radius 1 is 0.824 bits per heavy atom. The quantitative estimate of drug-likeness (QED) is 0.430. The predicted octanol–water partition coefficient (Wildman–Crippen LogP) is -0.978. The maximum Gasteiger partial charge on any atom is -1.00 e.